The molecule has 170 valence electrons. The van der Waals surface area contributed by atoms with Crippen LogP contribution in [-0.4, -0.2) is 46.3 Å². The fourth-order valence-electron chi connectivity index (χ4n) is 3.17. The smallest absolute Gasteiger partial charge is 0.416 e. The van der Waals surface area contributed by atoms with Crippen LogP contribution in [0.3, 0.4) is 0 Å². The summed E-state index contributed by atoms with van der Waals surface area (Å²) in [5, 5.41) is 12.8. The third-order valence-electron chi connectivity index (χ3n) is 4.88. The monoisotopic (exact) mass is 464 g/mol. The van der Waals surface area contributed by atoms with Crippen LogP contribution in [0.15, 0.2) is 34.9 Å². The van der Waals surface area contributed by atoms with E-state index < -0.39 is 40.1 Å². The first kappa shape index (κ1) is 24.8. The second kappa shape index (κ2) is 9.77. The number of carbonyl (C=O) groups excluding carboxylic acids is 1. The molecule has 0 spiro atoms. The summed E-state index contributed by atoms with van der Waals surface area (Å²) in [6, 6.07) is 1.53. The molecule has 0 saturated carbocycles. The average molecular weight is 464 g/mol. The van der Waals surface area contributed by atoms with Crippen LogP contribution in [0.4, 0.5) is 26.7 Å². The lowest BCUT2D eigenvalue weighted by Gasteiger charge is -2.35. The number of halogens is 5. The first-order valence-electron chi connectivity index (χ1n) is 9.16. The van der Waals surface area contributed by atoms with Gasteiger partial charge in [0.15, 0.2) is 4.90 Å². The molecule has 3 N–H and O–H groups in total. The largest absolute Gasteiger partial charge is 0.607 e. The van der Waals surface area contributed by atoms with Crippen LogP contribution >= 0.6 is 0 Å². The number of hydrogen-bond acceptors (Lipinski definition) is 4. The van der Waals surface area contributed by atoms with Crippen LogP contribution < -0.4 is 5.32 Å². The topological polar surface area (TPSA) is 103 Å². The molecule has 1 fully saturated rings. The fraction of sp³-hybridized carbons (Fsp3) is 0.421. The molecule has 0 radical (unpaired) electrons. The molecule has 31 heavy (non-hydrogen) atoms. The quantitative estimate of drug-likeness (QED) is 0.332. The van der Waals surface area contributed by atoms with Gasteiger partial charge in [0.2, 0.25) is 0 Å². The maximum atomic E-state index is 14.9. The van der Waals surface area contributed by atoms with Crippen molar-refractivity contribution < 1.29 is 31.3 Å². The van der Waals surface area contributed by atoms with E-state index in [2.05, 4.69) is 5.32 Å². The van der Waals surface area contributed by atoms with E-state index in [1.54, 1.807) is 0 Å². The number of amides is 2. The summed E-state index contributed by atoms with van der Waals surface area (Å²) in [4.78, 5) is 13.1. The Morgan fingerprint density at radius 1 is 1.23 bits per heavy atom. The van der Waals surface area contributed by atoms with Crippen LogP contribution in [0.25, 0.3) is 0 Å². The van der Waals surface area contributed by atoms with E-state index in [1.165, 1.54) is 17.9 Å². The molecule has 1 saturated heterocycles. The van der Waals surface area contributed by atoms with Gasteiger partial charge in [0.25, 0.3) is 0 Å². The van der Waals surface area contributed by atoms with Gasteiger partial charge in [0.05, 0.1) is 28.4 Å². The lowest BCUT2D eigenvalue weighted by molar-refractivity contribution is -0.137. The van der Waals surface area contributed by atoms with Crippen molar-refractivity contribution in [3.8, 4) is 0 Å². The van der Waals surface area contributed by atoms with Crippen molar-refractivity contribution in [1.29, 1.82) is 10.8 Å². The number of rotatable bonds is 6. The summed E-state index contributed by atoms with van der Waals surface area (Å²) in [5.74, 6) is -1.32. The Morgan fingerprint density at radius 2 is 1.84 bits per heavy atom. The zero-order valence-electron chi connectivity index (χ0n) is 16.4. The number of allylic oxidation sites excluding steroid dienone is 2. The molecule has 2 amide bonds. The number of alkyl halides is 5. The number of likely N-dealkylation sites (tertiary alicyclic amines) is 1. The molecule has 1 aliphatic rings. The van der Waals surface area contributed by atoms with Crippen molar-refractivity contribution in [1.82, 2.24) is 10.2 Å². The molecule has 0 aliphatic carbocycles. The van der Waals surface area contributed by atoms with Crippen molar-refractivity contribution in [2.75, 3.05) is 13.1 Å². The van der Waals surface area contributed by atoms with Crippen LogP contribution in [0.2, 0.25) is 0 Å². The zero-order chi connectivity index (χ0) is 23.4. The van der Waals surface area contributed by atoms with E-state index in [1.807, 2.05) is 0 Å². The average Bonchev–Trinajstić information content (AvgIpc) is 2.72. The summed E-state index contributed by atoms with van der Waals surface area (Å²) < 4.78 is 80.7. The Kier molecular flexibility index (Phi) is 7.82. The molecule has 12 heteroatoms. The molecule has 1 aliphatic heterocycles. The van der Waals surface area contributed by atoms with Crippen molar-refractivity contribution in [2.45, 2.75) is 36.1 Å². The highest BCUT2D eigenvalue weighted by Crippen LogP contribution is 2.42. The molecule has 1 atom stereocenters. The normalized spacial score (nSPS) is 17.3. The number of benzene rings is 1. The highest BCUT2D eigenvalue weighted by molar-refractivity contribution is 7.92. The number of nitrogens with one attached hydrogen (secondary N) is 3. The molecule has 1 heterocycles. The Labute approximate surface area is 178 Å². The van der Waals surface area contributed by atoms with E-state index in [0.717, 1.165) is 18.5 Å². The summed E-state index contributed by atoms with van der Waals surface area (Å²) in [6.45, 7) is 1.10. The summed E-state index contributed by atoms with van der Waals surface area (Å²) in [6.07, 6.45) is -2.04. The number of urea groups is 1. The van der Waals surface area contributed by atoms with Gasteiger partial charge >= 0.3 is 17.5 Å². The maximum Gasteiger partial charge on any atom is 0.416 e. The van der Waals surface area contributed by atoms with E-state index in [9.17, 15) is 31.3 Å². The van der Waals surface area contributed by atoms with Crippen molar-refractivity contribution in [2.24, 2.45) is 5.92 Å². The van der Waals surface area contributed by atoms with Crippen LogP contribution in [0, 0.1) is 23.7 Å². The Balaban J connectivity index is 2.07. The predicted octanol–water partition coefficient (Wildman–Crippen LogP) is 4.32. The van der Waals surface area contributed by atoms with Gasteiger partial charge in [0.1, 0.15) is 0 Å². The van der Waals surface area contributed by atoms with E-state index >= 15 is 0 Å². The molecule has 0 aromatic heterocycles. The Morgan fingerprint density at radius 3 is 2.32 bits per heavy atom. The number of hydrogen-bond donors (Lipinski definition) is 3. The van der Waals surface area contributed by atoms with E-state index in [0.29, 0.717) is 12.1 Å². The van der Waals surface area contributed by atoms with Crippen LogP contribution in [0.5, 0.6) is 0 Å². The van der Waals surface area contributed by atoms with Crippen molar-refractivity contribution >= 4 is 29.6 Å². The first-order chi connectivity index (χ1) is 14.4. The molecule has 1 aromatic carbocycles. The van der Waals surface area contributed by atoms with Crippen molar-refractivity contribution in [3.05, 3.63) is 41.1 Å². The molecule has 6 nitrogen and oxygen atoms in total. The second-order valence-electron chi connectivity index (χ2n) is 6.93. The second-order valence-corrected chi connectivity index (χ2v) is 8.45. The van der Waals surface area contributed by atoms with Gasteiger partial charge in [0, 0.05) is 31.1 Å². The molecular formula is C19H21F5N4O2S. The van der Waals surface area contributed by atoms with Gasteiger partial charge in [-0.1, -0.05) is 0 Å². The zero-order valence-corrected chi connectivity index (χ0v) is 17.2. The van der Waals surface area contributed by atoms with E-state index in [4.69, 9.17) is 10.8 Å². The first-order valence-corrected chi connectivity index (χ1v) is 10.3. The standard InChI is InChI=1S/C19H21F5N4O2S/c1-12-10-14(18(20,21)22)2-3-16(12)31(30)19(23,24)13-5-8-28(9-6-13)17(29)27-15(11-26)4-7-25/h2-4,7,10-11,13,25-26H,5-6,8-9H2,1H3,(H,27,29)/b15-4+,25-7?,26-11?. The SMILES string of the molecule is Cc1cc(C(F)(F)F)ccc1[S+]([O-])C(F)(F)C1CCN(C(=O)N/C(C=N)=C/C=N)CC1. The minimum Gasteiger partial charge on any atom is -0.607 e. The molecule has 2 rings (SSSR count). The Bertz CT molecular complexity index is 867. The molecule has 1 aromatic rings. The summed E-state index contributed by atoms with van der Waals surface area (Å²) in [7, 11) is 0. The van der Waals surface area contributed by atoms with Crippen LogP contribution in [-0.2, 0) is 17.4 Å². The van der Waals surface area contributed by atoms with Gasteiger partial charge < -0.3 is 25.6 Å². The van der Waals surface area contributed by atoms with Gasteiger partial charge in [-0.05, 0) is 44.0 Å². The third-order valence-corrected chi connectivity index (χ3v) is 6.56. The number of nitrogens with zero attached hydrogens (tertiary/aromatic N) is 1. The Hall–Kier alpha value is -2.47. The van der Waals surface area contributed by atoms with Gasteiger partial charge in [-0.2, -0.15) is 22.0 Å². The number of carbonyl (C=O) groups is 1. The number of aryl methyl sites for hydroxylation is 1. The summed E-state index contributed by atoms with van der Waals surface area (Å²) in [5.41, 5.74) is -1.08. The van der Waals surface area contributed by atoms with Gasteiger partial charge in [-0.25, -0.2) is 4.79 Å². The minimum atomic E-state index is -4.63. The van der Waals surface area contributed by atoms with Crippen LogP contribution in [0.1, 0.15) is 24.0 Å². The minimum absolute atomic E-state index is 0.0504. The molecule has 0 bridgehead atoms. The summed E-state index contributed by atoms with van der Waals surface area (Å²) >= 11 is -2.86. The van der Waals surface area contributed by atoms with Gasteiger partial charge in [-0.15, -0.1) is 0 Å². The third kappa shape index (κ3) is 5.82. The van der Waals surface area contributed by atoms with Crippen molar-refractivity contribution in [3.63, 3.8) is 0 Å². The molecular weight excluding hydrogens is 443 g/mol. The highest BCUT2D eigenvalue weighted by atomic mass is 32.2. The highest BCUT2D eigenvalue weighted by Gasteiger charge is 2.53. The maximum absolute atomic E-state index is 14.9. The number of piperidine rings is 1. The lowest BCUT2D eigenvalue weighted by Crippen LogP contribution is -2.49. The predicted molar refractivity (Wildman–Crippen MR) is 106 cm³/mol. The van der Waals surface area contributed by atoms with Gasteiger partial charge in [-0.3, -0.25) is 0 Å². The fourth-order valence-corrected chi connectivity index (χ4v) is 4.54. The molecule has 1 unspecified atom stereocenters. The van der Waals surface area contributed by atoms with E-state index in [-0.39, 0.29) is 42.1 Å². The lowest BCUT2D eigenvalue weighted by atomic mass is 9.97.